The number of aryl methyl sites for hydroxylation is 1. The lowest BCUT2D eigenvalue weighted by atomic mass is 10.1. The molecule has 1 aromatic rings. The Labute approximate surface area is 114 Å². The van der Waals surface area contributed by atoms with E-state index in [4.69, 9.17) is 0 Å². The van der Waals surface area contributed by atoms with Crippen molar-refractivity contribution in [2.75, 3.05) is 6.54 Å². The van der Waals surface area contributed by atoms with Crippen LogP contribution in [-0.4, -0.2) is 26.2 Å². The van der Waals surface area contributed by atoms with Crippen LogP contribution in [0.15, 0.2) is 29.2 Å². The third-order valence-electron chi connectivity index (χ3n) is 3.72. The van der Waals surface area contributed by atoms with Crippen molar-refractivity contribution in [3.05, 3.63) is 29.8 Å². The van der Waals surface area contributed by atoms with Crippen LogP contribution in [0.5, 0.6) is 0 Å². The molecular weight excluding hydrogens is 262 g/mol. The molecule has 2 atom stereocenters. The van der Waals surface area contributed by atoms with Gasteiger partial charge in [-0.1, -0.05) is 19.1 Å². The molecule has 1 fully saturated rings. The van der Waals surface area contributed by atoms with Crippen LogP contribution in [0.25, 0.3) is 0 Å². The number of rotatable bonds is 5. The summed E-state index contributed by atoms with van der Waals surface area (Å²) in [6, 6.07) is 6.97. The van der Waals surface area contributed by atoms with E-state index in [1.54, 1.807) is 12.1 Å². The fourth-order valence-electron chi connectivity index (χ4n) is 2.45. The zero-order valence-electron chi connectivity index (χ0n) is 11.2. The number of sulfonamides is 1. The monoisotopic (exact) mass is 283 g/mol. The fraction of sp³-hybridized carbons (Fsp3) is 0.571. The Hall–Kier alpha value is -0.910. The van der Waals surface area contributed by atoms with Crippen molar-refractivity contribution in [2.24, 2.45) is 5.92 Å². The number of hydrogen-bond acceptors (Lipinski definition) is 3. The summed E-state index contributed by atoms with van der Waals surface area (Å²) in [5.74, 6) is 0.250. The Balaban J connectivity index is 1.97. The van der Waals surface area contributed by atoms with Crippen molar-refractivity contribution in [3.63, 3.8) is 0 Å². The van der Waals surface area contributed by atoms with Crippen molar-refractivity contribution in [3.8, 4) is 0 Å². The molecule has 0 aliphatic heterocycles. The van der Waals surface area contributed by atoms with Crippen LogP contribution in [0.3, 0.4) is 0 Å². The van der Waals surface area contributed by atoms with Crippen molar-refractivity contribution >= 4 is 10.0 Å². The lowest BCUT2D eigenvalue weighted by Crippen LogP contribution is -2.28. The molecule has 5 heteroatoms. The van der Waals surface area contributed by atoms with Crippen LogP contribution in [0.2, 0.25) is 0 Å². The highest BCUT2D eigenvalue weighted by atomic mass is 32.2. The Morgan fingerprint density at radius 2 is 1.95 bits per heavy atom. The predicted molar refractivity (Wildman–Crippen MR) is 74.4 cm³/mol. The van der Waals surface area contributed by atoms with Gasteiger partial charge in [0.25, 0.3) is 0 Å². The molecule has 1 aromatic carbocycles. The maximum atomic E-state index is 12.1. The summed E-state index contributed by atoms with van der Waals surface area (Å²) in [7, 11) is -3.42. The van der Waals surface area contributed by atoms with Gasteiger partial charge in [-0.25, -0.2) is 13.1 Å². The molecule has 1 saturated carbocycles. The number of aliphatic hydroxyl groups is 1. The van der Waals surface area contributed by atoms with Crippen molar-refractivity contribution in [1.29, 1.82) is 0 Å². The van der Waals surface area contributed by atoms with Gasteiger partial charge in [-0.3, -0.25) is 0 Å². The SMILES string of the molecule is CCc1ccc(S(=O)(=O)NCC2CCC(O)C2)cc1. The minimum Gasteiger partial charge on any atom is -0.393 e. The molecule has 0 amide bonds. The minimum absolute atomic E-state index is 0.250. The van der Waals surface area contributed by atoms with E-state index in [0.29, 0.717) is 17.9 Å². The third-order valence-corrected chi connectivity index (χ3v) is 5.16. The van der Waals surface area contributed by atoms with Gasteiger partial charge in [-0.05, 0) is 49.3 Å². The normalized spacial score (nSPS) is 23.7. The van der Waals surface area contributed by atoms with E-state index in [2.05, 4.69) is 4.72 Å². The molecule has 0 aromatic heterocycles. The first kappa shape index (κ1) is 14.5. The van der Waals surface area contributed by atoms with E-state index in [9.17, 15) is 13.5 Å². The molecule has 4 nitrogen and oxygen atoms in total. The van der Waals surface area contributed by atoms with E-state index in [0.717, 1.165) is 24.8 Å². The molecule has 19 heavy (non-hydrogen) atoms. The van der Waals surface area contributed by atoms with E-state index in [1.807, 2.05) is 19.1 Å². The quantitative estimate of drug-likeness (QED) is 0.864. The van der Waals surface area contributed by atoms with Crippen LogP contribution in [-0.2, 0) is 16.4 Å². The van der Waals surface area contributed by atoms with Crippen molar-refractivity contribution < 1.29 is 13.5 Å². The Kier molecular flexibility index (Phi) is 4.60. The first-order chi connectivity index (χ1) is 9.01. The second kappa shape index (κ2) is 6.03. The highest BCUT2D eigenvalue weighted by molar-refractivity contribution is 7.89. The molecule has 1 aliphatic carbocycles. The molecular formula is C14H21NO3S. The van der Waals surface area contributed by atoms with Gasteiger partial charge < -0.3 is 5.11 Å². The summed E-state index contributed by atoms with van der Waals surface area (Å²) in [6.07, 6.45) is 2.99. The van der Waals surface area contributed by atoms with Crippen LogP contribution >= 0.6 is 0 Å². The van der Waals surface area contributed by atoms with Crippen LogP contribution in [0.1, 0.15) is 31.7 Å². The van der Waals surface area contributed by atoms with Gasteiger partial charge in [0.1, 0.15) is 0 Å². The predicted octanol–water partition coefficient (Wildman–Crippen LogP) is 1.69. The Morgan fingerprint density at radius 3 is 2.47 bits per heavy atom. The summed E-state index contributed by atoms with van der Waals surface area (Å²) >= 11 is 0. The second-order valence-corrected chi connectivity index (χ2v) is 6.95. The molecule has 1 aliphatic rings. The smallest absolute Gasteiger partial charge is 0.240 e. The summed E-state index contributed by atoms with van der Waals surface area (Å²) in [4.78, 5) is 0.309. The van der Waals surface area contributed by atoms with Crippen LogP contribution in [0.4, 0.5) is 0 Å². The zero-order chi connectivity index (χ0) is 13.9. The lowest BCUT2D eigenvalue weighted by molar-refractivity contribution is 0.178. The van der Waals surface area contributed by atoms with Gasteiger partial charge >= 0.3 is 0 Å². The van der Waals surface area contributed by atoms with Gasteiger partial charge in [-0.15, -0.1) is 0 Å². The lowest BCUT2D eigenvalue weighted by Gasteiger charge is -2.11. The van der Waals surface area contributed by atoms with Gasteiger partial charge in [0.2, 0.25) is 10.0 Å². The molecule has 0 heterocycles. The fourth-order valence-corrected chi connectivity index (χ4v) is 3.57. The van der Waals surface area contributed by atoms with Crippen LogP contribution < -0.4 is 4.72 Å². The van der Waals surface area contributed by atoms with Crippen molar-refractivity contribution in [1.82, 2.24) is 4.72 Å². The largest absolute Gasteiger partial charge is 0.393 e. The molecule has 0 bridgehead atoms. The highest BCUT2D eigenvalue weighted by Crippen LogP contribution is 2.25. The summed E-state index contributed by atoms with van der Waals surface area (Å²) in [5, 5.41) is 9.43. The first-order valence-electron chi connectivity index (χ1n) is 6.78. The summed E-state index contributed by atoms with van der Waals surface area (Å²) in [5.41, 5.74) is 1.12. The second-order valence-electron chi connectivity index (χ2n) is 5.18. The highest BCUT2D eigenvalue weighted by Gasteiger charge is 2.24. The van der Waals surface area contributed by atoms with Gasteiger partial charge in [-0.2, -0.15) is 0 Å². The number of benzene rings is 1. The molecule has 2 rings (SSSR count). The van der Waals surface area contributed by atoms with Gasteiger partial charge in [0, 0.05) is 6.54 Å². The number of aliphatic hydroxyl groups excluding tert-OH is 1. The minimum atomic E-state index is -3.42. The van der Waals surface area contributed by atoms with E-state index in [1.165, 1.54) is 0 Å². The maximum Gasteiger partial charge on any atom is 0.240 e. The molecule has 0 radical (unpaired) electrons. The molecule has 0 spiro atoms. The molecule has 2 N–H and O–H groups in total. The summed E-state index contributed by atoms with van der Waals surface area (Å²) < 4.78 is 26.8. The van der Waals surface area contributed by atoms with E-state index < -0.39 is 10.0 Å². The average Bonchev–Trinajstić information content (AvgIpc) is 2.82. The van der Waals surface area contributed by atoms with E-state index >= 15 is 0 Å². The molecule has 106 valence electrons. The van der Waals surface area contributed by atoms with Gasteiger partial charge in [0.05, 0.1) is 11.0 Å². The van der Waals surface area contributed by atoms with Gasteiger partial charge in [0.15, 0.2) is 0 Å². The van der Waals surface area contributed by atoms with Crippen LogP contribution in [0, 0.1) is 5.92 Å². The Morgan fingerprint density at radius 1 is 1.26 bits per heavy atom. The summed E-state index contributed by atoms with van der Waals surface area (Å²) in [6.45, 7) is 2.45. The topological polar surface area (TPSA) is 66.4 Å². The van der Waals surface area contributed by atoms with Crippen molar-refractivity contribution in [2.45, 2.75) is 43.6 Å². The standard InChI is InChI=1S/C14H21NO3S/c1-2-11-4-7-14(8-5-11)19(17,18)15-10-12-3-6-13(16)9-12/h4-5,7-8,12-13,15-16H,2-3,6,9-10H2,1H3. The third kappa shape index (κ3) is 3.78. The number of nitrogens with one attached hydrogen (secondary N) is 1. The van der Waals surface area contributed by atoms with E-state index in [-0.39, 0.29) is 12.0 Å². The first-order valence-corrected chi connectivity index (χ1v) is 8.26. The average molecular weight is 283 g/mol. The molecule has 2 unspecified atom stereocenters. The maximum absolute atomic E-state index is 12.1. The Bertz CT molecular complexity index is 510. The zero-order valence-corrected chi connectivity index (χ0v) is 12.0. The number of hydrogen-bond donors (Lipinski definition) is 2. The molecule has 0 saturated heterocycles.